The molecule has 1 aromatic carbocycles. The van der Waals surface area contributed by atoms with E-state index in [-0.39, 0.29) is 29.9 Å². The largest absolute Gasteiger partial charge is 0.416 e. The number of carbonyl (C=O) groups excluding carboxylic acids is 1. The summed E-state index contributed by atoms with van der Waals surface area (Å²) in [5.74, 6) is -1.31. The van der Waals surface area contributed by atoms with Gasteiger partial charge in [0.2, 0.25) is 0 Å². The molecule has 1 amide bonds. The average molecular weight is 505 g/mol. The standard InChI is InChI=1S/C24H23F7N2O2/c1-13-2-3-17(25)11-32-22(7-6-20(34)33-22)18-4-5-19(21(13)18)35-12-14-8-15(23(26,27)28)10-16(9-14)24(29,30)31/h2-3,8-11,18-19,21,32H,1,4-7,12H2,(H,33,34)/p+1. The van der Waals surface area contributed by atoms with Gasteiger partial charge in [-0.3, -0.25) is 5.32 Å². The quantitative estimate of drug-likeness (QED) is 0.584. The zero-order valence-corrected chi connectivity index (χ0v) is 18.5. The van der Waals surface area contributed by atoms with Crippen molar-refractivity contribution < 1.29 is 45.6 Å². The van der Waals surface area contributed by atoms with Gasteiger partial charge in [-0.2, -0.15) is 26.3 Å². The van der Waals surface area contributed by atoms with Gasteiger partial charge in [0.05, 0.1) is 30.3 Å². The van der Waals surface area contributed by atoms with Gasteiger partial charge < -0.3 is 10.1 Å². The second kappa shape index (κ2) is 9.09. The topological polar surface area (TPSA) is 54.9 Å². The van der Waals surface area contributed by atoms with Crippen LogP contribution in [0.25, 0.3) is 0 Å². The first-order valence-electron chi connectivity index (χ1n) is 11.1. The SMILES string of the molecule is C=C1C=CC(F)=CNC2(CCC(=O)[NH2+]2)C2CCC(OCc3cc(C(F)(F)F)cc(C(F)(F)F)c3)C12. The number of alkyl halides is 6. The Morgan fingerprint density at radius 1 is 1.06 bits per heavy atom. The van der Waals surface area contributed by atoms with Crippen LogP contribution in [0.4, 0.5) is 30.7 Å². The van der Waals surface area contributed by atoms with Gasteiger partial charge in [-0.05, 0) is 48.3 Å². The Labute approximate surface area is 196 Å². The number of benzene rings is 1. The van der Waals surface area contributed by atoms with E-state index >= 15 is 0 Å². The number of quaternary nitrogens is 1. The number of hydrogen-bond acceptors (Lipinski definition) is 3. The zero-order valence-electron chi connectivity index (χ0n) is 18.5. The predicted octanol–water partition coefficient (Wildman–Crippen LogP) is 4.74. The number of allylic oxidation sites excluding steroid dienone is 3. The molecule has 4 unspecified atom stereocenters. The van der Waals surface area contributed by atoms with Crippen molar-refractivity contribution in [1.29, 1.82) is 0 Å². The van der Waals surface area contributed by atoms with Crippen molar-refractivity contribution in [3.63, 3.8) is 0 Å². The first kappa shape index (κ1) is 25.4. The van der Waals surface area contributed by atoms with E-state index in [0.717, 1.165) is 0 Å². The number of primary amides is 1. The van der Waals surface area contributed by atoms with Gasteiger partial charge in [0.25, 0.3) is 0 Å². The highest BCUT2D eigenvalue weighted by Gasteiger charge is 2.56. The molecule has 0 radical (unpaired) electrons. The summed E-state index contributed by atoms with van der Waals surface area (Å²) in [4.78, 5) is 12.1. The van der Waals surface area contributed by atoms with Crippen LogP contribution in [0, 0.1) is 11.8 Å². The fraction of sp³-hybridized carbons (Fsp3) is 0.458. The first-order valence-corrected chi connectivity index (χ1v) is 11.1. The zero-order chi connectivity index (χ0) is 25.6. The number of hydrogen-bond donors (Lipinski definition) is 2. The van der Waals surface area contributed by atoms with E-state index in [9.17, 15) is 35.5 Å². The maximum Gasteiger partial charge on any atom is 0.416 e. The molecule has 2 aliphatic heterocycles. The highest BCUT2D eigenvalue weighted by molar-refractivity contribution is 5.67. The van der Waals surface area contributed by atoms with E-state index in [4.69, 9.17) is 4.74 Å². The lowest BCUT2D eigenvalue weighted by molar-refractivity contribution is -0.650. The van der Waals surface area contributed by atoms with Crippen LogP contribution in [0.2, 0.25) is 0 Å². The number of fused-ring (bicyclic) bond motifs is 2. The van der Waals surface area contributed by atoms with Crippen LogP contribution in [0.15, 0.2) is 54.5 Å². The molecule has 1 aromatic rings. The van der Waals surface area contributed by atoms with Gasteiger partial charge in [-0.15, -0.1) is 0 Å². The van der Waals surface area contributed by atoms with Crippen LogP contribution in [-0.2, 0) is 28.5 Å². The molecular formula is C24H24F7N2O2+. The van der Waals surface area contributed by atoms with E-state index in [1.807, 2.05) is 0 Å². The minimum atomic E-state index is -4.95. The molecule has 11 heteroatoms. The Balaban J connectivity index is 1.61. The summed E-state index contributed by atoms with van der Waals surface area (Å²) < 4.78 is 99.3. The van der Waals surface area contributed by atoms with Crippen molar-refractivity contribution in [3.05, 3.63) is 71.2 Å². The van der Waals surface area contributed by atoms with Crippen LogP contribution in [0.5, 0.6) is 0 Å². The van der Waals surface area contributed by atoms with Gasteiger partial charge in [0, 0.05) is 24.5 Å². The molecule has 1 spiro atoms. The van der Waals surface area contributed by atoms with Crippen LogP contribution < -0.4 is 10.6 Å². The fourth-order valence-electron chi connectivity index (χ4n) is 5.35. The molecule has 4 atom stereocenters. The van der Waals surface area contributed by atoms with Crippen molar-refractivity contribution in [2.45, 2.75) is 56.4 Å². The maximum atomic E-state index is 14.2. The van der Waals surface area contributed by atoms with Crippen molar-refractivity contribution in [1.82, 2.24) is 5.32 Å². The van der Waals surface area contributed by atoms with Gasteiger partial charge in [0.1, 0.15) is 5.83 Å². The van der Waals surface area contributed by atoms with Crippen LogP contribution in [0.3, 0.4) is 0 Å². The Hall–Kier alpha value is -2.66. The highest BCUT2D eigenvalue weighted by atomic mass is 19.4. The summed E-state index contributed by atoms with van der Waals surface area (Å²) in [6, 6.07) is 1.36. The summed E-state index contributed by atoms with van der Waals surface area (Å²) in [5, 5.41) is 4.58. The van der Waals surface area contributed by atoms with Crippen molar-refractivity contribution >= 4 is 5.91 Å². The second-order valence-corrected chi connectivity index (χ2v) is 9.21. The lowest BCUT2D eigenvalue weighted by Gasteiger charge is -2.36. The summed E-state index contributed by atoms with van der Waals surface area (Å²) >= 11 is 0. The van der Waals surface area contributed by atoms with Gasteiger partial charge in [0.15, 0.2) is 5.66 Å². The summed E-state index contributed by atoms with van der Waals surface area (Å²) in [6.45, 7) is 3.54. The number of amides is 1. The number of nitrogens with two attached hydrogens (primary N) is 1. The molecular weight excluding hydrogens is 481 g/mol. The van der Waals surface area contributed by atoms with Crippen molar-refractivity contribution in [2.24, 2.45) is 11.8 Å². The highest BCUT2D eigenvalue weighted by Crippen LogP contribution is 2.46. The monoisotopic (exact) mass is 505 g/mol. The summed E-state index contributed by atoms with van der Waals surface area (Å²) in [7, 11) is 0. The average Bonchev–Trinajstić information content (AvgIpc) is 3.37. The Morgan fingerprint density at radius 2 is 1.71 bits per heavy atom. The molecule has 0 aromatic heterocycles. The molecule has 2 heterocycles. The number of halogens is 7. The normalized spacial score (nSPS) is 29.5. The van der Waals surface area contributed by atoms with Gasteiger partial charge >= 0.3 is 18.3 Å². The van der Waals surface area contributed by atoms with E-state index < -0.39 is 53.6 Å². The van der Waals surface area contributed by atoms with Crippen molar-refractivity contribution in [3.8, 4) is 0 Å². The third-order valence-corrected chi connectivity index (χ3v) is 6.94. The number of carbonyl (C=O) groups is 1. The first-order chi connectivity index (χ1) is 16.3. The Bertz CT molecular complexity index is 1040. The third-order valence-electron chi connectivity index (χ3n) is 6.94. The third kappa shape index (κ3) is 5.30. The smallest absolute Gasteiger partial charge is 0.373 e. The van der Waals surface area contributed by atoms with Crippen LogP contribution in [0.1, 0.15) is 42.4 Å². The predicted molar refractivity (Wildman–Crippen MR) is 111 cm³/mol. The molecule has 0 bridgehead atoms. The Kier molecular flexibility index (Phi) is 6.60. The second-order valence-electron chi connectivity index (χ2n) is 9.21. The van der Waals surface area contributed by atoms with E-state index in [1.165, 1.54) is 23.7 Å². The van der Waals surface area contributed by atoms with Crippen LogP contribution in [-0.4, -0.2) is 17.7 Å². The molecule has 4 nitrogen and oxygen atoms in total. The molecule has 1 saturated heterocycles. The Morgan fingerprint density at radius 3 is 2.29 bits per heavy atom. The summed E-state index contributed by atoms with van der Waals surface area (Å²) in [5.41, 5.74) is -3.41. The minimum absolute atomic E-state index is 0.0734. The molecule has 190 valence electrons. The molecule has 3 N–H and O–H groups in total. The van der Waals surface area contributed by atoms with E-state index in [2.05, 4.69) is 11.9 Å². The van der Waals surface area contributed by atoms with Crippen LogP contribution >= 0.6 is 0 Å². The molecule has 1 aliphatic carbocycles. The number of ether oxygens (including phenoxy) is 1. The molecule has 2 fully saturated rings. The lowest BCUT2D eigenvalue weighted by atomic mass is 9.78. The molecule has 35 heavy (non-hydrogen) atoms. The van der Waals surface area contributed by atoms with Crippen molar-refractivity contribution in [2.75, 3.05) is 0 Å². The molecule has 1 saturated carbocycles. The van der Waals surface area contributed by atoms with Gasteiger partial charge in [-0.1, -0.05) is 12.7 Å². The van der Waals surface area contributed by atoms with E-state index in [0.29, 0.717) is 37.0 Å². The minimum Gasteiger partial charge on any atom is -0.373 e. The van der Waals surface area contributed by atoms with Gasteiger partial charge in [-0.25, -0.2) is 9.18 Å². The molecule has 4 rings (SSSR count). The summed E-state index contributed by atoms with van der Waals surface area (Å²) in [6.07, 6.45) is -4.91. The fourth-order valence-corrected chi connectivity index (χ4v) is 5.35. The molecule has 3 aliphatic rings. The number of nitrogens with one attached hydrogen (secondary N) is 1. The lowest BCUT2D eigenvalue weighted by Crippen LogP contribution is -3.01. The van der Waals surface area contributed by atoms with E-state index in [1.54, 1.807) is 0 Å². The maximum absolute atomic E-state index is 14.2. The number of rotatable bonds is 3.